The molecule has 1 amide bonds. The Labute approximate surface area is 221 Å². The van der Waals surface area contributed by atoms with Crippen LogP contribution in [0, 0.1) is 52.3 Å². The summed E-state index contributed by atoms with van der Waals surface area (Å²) in [6.45, 7) is 14.6. The lowest BCUT2D eigenvalue weighted by Crippen LogP contribution is -2.51. The first-order valence-electron chi connectivity index (χ1n) is 15.5. The van der Waals surface area contributed by atoms with Crippen LogP contribution in [-0.4, -0.2) is 37.3 Å². The fourth-order valence-electron chi connectivity index (χ4n) is 9.53. The van der Waals surface area contributed by atoms with E-state index in [9.17, 15) is 4.79 Å². The van der Waals surface area contributed by atoms with Crippen molar-refractivity contribution in [2.45, 2.75) is 105 Å². The van der Waals surface area contributed by atoms with Crippen molar-refractivity contribution in [3.8, 4) is 0 Å². The normalized spacial score (nSPS) is 38.6. The second kappa shape index (κ2) is 11.9. The van der Waals surface area contributed by atoms with Crippen LogP contribution in [0.2, 0.25) is 0 Å². The van der Waals surface area contributed by atoms with Crippen molar-refractivity contribution in [2.75, 3.05) is 26.2 Å². The molecule has 4 nitrogen and oxygen atoms in total. The summed E-state index contributed by atoms with van der Waals surface area (Å²) in [7, 11) is 0. The van der Waals surface area contributed by atoms with Gasteiger partial charge in [-0.3, -0.25) is 4.79 Å². The van der Waals surface area contributed by atoms with Gasteiger partial charge in [0.25, 0.3) is 0 Å². The maximum absolute atomic E-state index is 12.9. The molecule has 3 fully saturated rings. The summed E-state index contributed by atoms with van der Waals surface area (Å²) in [5, 5.41) is 15.2. The molecule has 0 bridgehead atoms. The van der Waals surface area contributed by atoms with Crippen LogP contribution in [-0.2, 0) is 4.79 Å². The third kappa shape index (κ3) is 5.60. The highest BCUT2D eigenvalue weighted by Crippen LogP contribution is 2.67. The average molecular weight is 501 g/mol. The predicted molar refractivity (Wildman–Crippen MR) is 150 cm³/mol. The highest BCUT2D eigenvalue weighted by atomic mass is 16.3. The van der Waals surface area contributed by atoms with E-state index in [4.69, 9.17) is 5.11 Å². The molecule has 0 spiro atoms. The van der Waals surface area contributed by atoms with Gasteiger partial charge in [0.15, 0.2) is 0 Å². The van der Waals surface area contributed by atoms with Gasteiger partial charge in [0.2, 0.25) is 5.91 Å². The quantitative estimate of drug-likeness (QED) is 0.229. The van der Waals surface area contributed by atoms with Crippen molar-refractivity contribution in [2.24, 2.45) is 52.3 Å². The Morgan fingerprint density at radius 1 is 1.03 bits per heavy atom. The summed E-state index contributed by atoms with van der Waals surface area (Å²) in [6, 6.07) is 0. The molecule has 0 radical (unpaired) electrons. The molecule has 0 aromatic carbocycles. The first-order valence-corrected chi connectivity index (χ1v) is 15.5. The Kier molecular flexibility index (Phi) is 9.30. The monoisotopic (exact) mass is 500 g/mol. The van der Waals surface area contributed by atoms with E-state index >= 15 is 0 Å². The number of fused-ring (bicyclic) bond motifs is 5. The number of carbonyl (C=O) groups excluding carboxylic acids is 1. The van der Waals surface area contributed by atoms with Crippen LogP contribution in [0.15, 0.2) is 11.6 Å². The number of aliphatic hydroxyl groups is 1. The van der Waals surface area contributed by atoms with Crippen molar-refractivity contribution in [1.82, 2.24) is 10.6 Å². The fraction of sp³-hybridized carbons (Fsp3) is 0.906. The Balaban J connectivity index is 1.37. The molecule has 0 aromatic heterocycles. The number of amides is 1. The lowest BCUT2D eigenvalue weighted by Gasteiger charge is -2.58. The SMILES string of the molecule is CC(C)CCCC(C)C1CCC2C3CC=C4CC(C(=O)NCCNCCO)CCC4(C)C3CCC12C. The molecular formula is C32H56N2O2. The Morgan fingerprint density at radius 2 is 1.83 bits per heavy atom. The first-order chi connectivity index (χ1) is 17.2. The molecule has 0 aromatic rings. The standard InChI is InChI=1S/C32H56N2O2/c1-22(2)7-6-8-23(3)27-11-12-28-26-10-9-25-21-24(30(36)34-18-17-33-19-20-35)13-15-31(25,4)29(26)14-16-32(27,28)5/h9,22-24,26-29,33,35H,6-8,10-21H2,1-5H3,(H,34,36). The molecule has 4 rings (SSSR count). The second-order valence-electron chi connectivity index (χ2n) is 14.0. The summed E-state index contributed by atoms with van der Waals surface area (Å²) in [6.07, 6.45) is 17.0. The predicted octanol–water partition coefficient (Wildman–Crippen LogP) is 6.34. The number of hydrogen-bond donors (Lipinski definition) is 3. The number of nitrogens with one attached hydrogen (secondary N) is 2. The molecule has 0 aliphatic heterocycles. The van der Waals surface area contributed by atoms with Crippen LogP contribution in [0.5, 0.6) is 0 Å². The molecule has 36 heavy (non-hydrogen) atoms. The minimum Gasteiger partial charge on any atom is -0.395 e. The number of rotatable bonds is 11. The second-order valence-corrected chi connectivity index (χ2v) is 14.0. The van der Waals surface area contributed by atoms with E-state index in [2.05, 4.69) is 51.3 Å². The van der Waals surface area contributed by atoms with Crippen molar-refractivity contribution >= 4 is 5.91 Å². The van der Waals surface area contributed by atoms with Gasteiger partial charge in [-0.2, -0.15) is 0 Å². The van der Waals surface area contributed by atoms with Crippen LogP contribution in [0.3, 0.4) is 0 Å². The first kappa shape index (κ1) is 28.1. The zero-order chi connectivity index (χ0) is 25.9. The van der Waals surface area contributed by atoms with Crippen molar-refractivity contribution in [3.63, 3.8) is 0 Å². The van der Waals surface area contributed by atoms with Crippen molar-refractivity contribution in [1.29, 1.82) is 0 Å². The van der Waals surface area contributed by atoms with Gasteiger partial charge in [0.1, 0.15) is 0 Å². The van der Waals surface area contributed by atoms with E-state index in [0.29, 0.717) is 23.9 Å². The zero-order valence-electron chi connectivity index (χ0n) is 24.1. The molecule has 3 N–H and O–H groups in total. The topological polar surface area (TPSA) is 61.4 Å². The van der Waals surface area contributed by atoms with Gasteiger partial charge in [-0.05, 0) is 97.7 Å². The number of aliphatic hydroxyl groups excluding tert-OH is 1. The molecule has 0 saturated heterocycles. The largest absolute Gasteiger partial charge is 0.395 e. The summed E-state index contributed by atoms with van der Waals surface area (Å²) in [5.74, 6) is 5.55. The van der Waals surface area contributed by atoms with Crippen LogP contribution >= 0.6 is 0 Å². The minimum absolute atomic E-state index is 0.134. The molecular weight excluding hydrogens is 444 g/mol. The summed E-state index contributed by atoms with van der Waals surface area (Å²) < 4.78 is 0. The average Bonchev–Trinajstić information content (AvgIpc) is 3.20. The third-order valence-electron chi connectivity index (χ3n) is 11.6. The molecule has 4 heteroatoms. The third-order valence-corrected chi connectivity index (χ3v) is 11.6. The van der Waals surface area contributed by atoms with Gasteiger partial charge < -0.3 is 15.7 Å². The van der Waals surface area contributed by atoms with E-state index in [-0.39, 0.29) is 18.4 Å². The number of hydrogen-bond acceptors (Lipinski definition) is 3. The maximum atomic E-state index is 12.9. The molecule has 4 aliphatic rings. The highest BCUT2D eigenvalue weighted by molar-refractivity contribution is 5.79. The van der Waals surface area contributed by atoms with Crippen LogP contribution in [0.1, 0.15) is 105 Å². The lowest BCUT2D eigenvalue weighted by molar-refractivity contribution is -0.126. The van der Waals surface area contributed by atoms with Crippen molar-refractivity contribution < 1.29 is 9.90 Å². The zero-order valence-corrected chi connectivity index (χ0v) is 24.1. The van der Waals surface area contributed by atoms with Gasteiger partial charge in [-0.1, -0.05) is 65.5 Å². The Morgan fingerprint density at radius 3 is 2.58 bits per heavy atom. The summed E-state index contributed by atoms with van der Waals surface area (Å²) in [5.41, 5.74) is 2.46. The van der Waals surface area contributed by atoms with Crippen LogP contribution in [0.4, 0.5) is 0 Å². The minimum atomic E-state index is 0.134. The summed E-state index contributed by atoms with van der Waals surface area (Å²) in [4.78, 5) is 12.9. The molecule has 8 unspecified atom stereocenters. The molecule has 4 aliphatic carbocycles. The van der Waals surface area contributed by atoms with Gasteiger partial charge in [-0.15, -0.1) is 0 Å². The highest BCUT2D eigenvalue weighted by Gasteiger charge is 2.59. The van der Waals surface area contributed by atoms with Gasteiger partial charge in [0.05, 0.1) is 6.61 Å². The van der Waals surface area contributed by atoms with E-state index < -0.39 is 0 Å². The molecule has 0 heterocycles. The molecule has 206 valence electrons. The van der Waals surface area contributed by atoms with Gasteiger partial charge in [0, 0.05) is 25.6 Å². The lowest BCUT2D eigenvalue weighted by atomic mass is 9.46. The maximum Gasteiger partial charge on any atom is 0.223 e. The number of carbonyl (C=O) groups is 1. The van der Waals surface area contributed by atoms with E-state index in [1.54, 1.807) is 5.57 Å². The van der Waals surface area contributed by atoms with Gasteiger partial charge in [-0.25, -0.2) is 0 Å². The van der Waals surface area contributed by atoms with Crippen molar-refractivity contribution in [3.05, 3.63) is 11.6 Å². The van der Waals surface area contributed by atoms with Crippen LogP contribution < -0.4 is 10.6 Å². The number of allylic oxidation sites excluding steroid dienone is 2. The molecule has 3 saturated carbocycles. The Bertz CT molecular complexity index is 778. The van der Waals surface area contributed by atoms with E-state index in [1.165, 1.54) is 57.8 Å². The van der Waals surface area contributed by atoms with Gasteiger partial charge >= 0.3 is 0 Å². The van der Waals surface area contributed by atoms with E-state index in [0.717, 1.165) is 54.9 Å². The smallest absolute Gasteiger partial charge is 0.223 e. The van der Waals surface area contributed by atoms with E-state index in [1.807, 2.05) is 0 Å². The van der Waals surface area contributed by atoms with Crippen LogP contribution in [0.25, 0.3) is 0 Å². The summed E-state index contributed by atoms with van der Waals surface area (Å²) >= 11 is 0. The fourth-order valence-corrected chi connectivity index (χ4v) is 9.53. The molecule has 8 atom stereocenters. The Hall–Kier alpha value is -0.870.